The van der Waals surface area contributed by atoms with E-state index in [2.05, 4.69) is 34.7 Å². The van der Waals surface area contributed by atoms with Gasteiger partial charge in [0.2, 0.25) is 11.0 Å². The van der Waals surface area contributed by atoms with Crippen molar-refractivity contribution in [2.45, 2.75) is 20.3 Å². The van der Waals surface area contributed by atoms with Crippen LogP contribution >= 0.6 is 11.3 Å². The Kier molecular flexibility index (Phi) is 5.58. The maximum atomic E-state index is 12.3. The third-order valence-corrected chi connectivity index (χ3v) is 4.58. The van der Waals surface area contributed by atoms with Gasteiger partial charge in [0.15, 0.2) is 0 Å². The average molecular weight is 368 g/mol. The minimum Gasteiger partial charge on any atom is -0.343 e. The van der Waals surface area contributed by atoms with Gasteiger partial charge < -0.3 is 5.32 Å². The molecule has 2 N–H and O–H groups in total. The molecule has 0 atom stereocenters. The average Bonchev–Trinajstić information content (AvgIpc) is 3.05. The third kappa shape index (κ3) is 4.64. The lowest BCUT2D eigenvalue weighted by molar-refractivity contribution is -0.115. The molecule has 134 valence electrons. The molecule has 0 radical (unpaired) electrons. The highest BCUT2D eigenvalue weighted by Crippen LogP contribution is 2.18. The third-order valence-electron chi connectivity index (χ3n) is 3.72. The van der Waals surface area contributed by atoms with Gasteiger partial charge in [-0.3, -0.25) is 14.9 Å². The SMILES string of the molecule is CC(C)Cc1nnc(NC(=O)CNC(=O)c2ccc3ccccc3c2)s1. The summed E-state index contributed by atoms with van der Waals surface area (Å²) in [5.74, 6) is -0.136. The molecular formula is C19H20N4O2S. The van der Waals surface area contributed by atoms with Crippen LogP contribution in [0.2, 0.25) is 0 Å². The van der Waals surface area contributed by atoms with Gasteiger partial charge in [-0.05, 0) is 28.8 Å². The second-order valence-electron chi connectivity index (χ2n) is 6.39. The molecule has 0 bridgehead atoms. The van der Waals surface area contributed by atoms with Crippen LogP contribution in [0, 0.1) is 5.92 Å². The minimum absolute atomic E-state index is 0.120. The molecule has 0 aliphatic carbocycles. The Balaban J connectivity index is 1.54. The van der Waals surface area contributed by atoms with Crippen LogP contribution in [-0.2, 0) is 11.2 Å². The highest BCUT2D eigenvalue weighted by atomic mass is 32.1. The van der Waals surface area contributed by atoms with E-state index < -0.39 is 0 Å². The Morgan fingerprint density at radius 3 is 2.62 bits per heavy atom. The van der Waals surface area contributed by atoms with Gasteiger partial charge in [-0.2, -0.15) is 0 Å². The maximum absolute atomic E-state index is 12.3. The van der Waals surface area contributed by atoms with Crippen molar-refractivity contribution in [2.24, 2.45) is 5.92 Å². The van der Waals surface area contributed by atoms with Gasteiger partial charge in [0, 0.05) is 12.0 Å². The van der Waals surface area contributed by atoms with Gasteiger partial charge in [-0.15, -0.1) is 10.2 Å². The lowest BCUT2D eigenvalue weighted by Gasteiger charge is -2.06. The van der Waals surface area contributed by atoms with Gasteiger partial charge in [0.25, 0.3) is 5.91 Å². The van der Waals surface area contributed by atoms with Gasteiger partial charge >= 0.3 is 0 Å². The summed E-state index contributed by atoms with van der Waals surface area (Å²) in [5, 5.41) is 16.7. The van der Waals surface area contributed by atoms with Crippen LogP contribution in [0.5, 0.6) is 0 Å². The molecule has 0 aliphatic rings. The standard InChI is InChI=1S/C19H20N4O2S/c1-12(2)9-17-22-23-19(26-17)21-16(24)11-20-18(25)15-8-7-13-5-3-4-6-14(13)10-15/h3-8,10,12H,9,11H2,1-2H3,(H,20,25)(H,21,23,24). The number of carbonyl (C=O) groups excluding carboxylic acids is 2. The highest BCUT2D eigenvalue weighted by molar-refractivity contribution is 7.15. The van der Waals surface area contributed by atoms with Crippen molar-refractivity contribution >= 4 is 39.1 Å². The Labute approximate surface area is 155 Å². The number of anilines is 1. The van der Waals surface area contributed by atoms with Crippen LogP contribution in [0.1, 0.15) is 29.2 Å². The first-order chi connectivity index (χ1) is 12.5. The Bertz CT molecular complexity index is 936. The van der Waals surface area contributed by atoms with Crippen molar-refractivity contribution < 1.29 is 9.59 Å². The molecule has 0 fully saturated rings. The van der Waals surface area contributed by atoms with Gasteiger partial charge in [-0.1, -0.05) is 55.5 Å². The highest BCUT2D eigenvalue weighted by Gasteiger charge is 2.12. The fourth-order valence-electron chi connectivity index (χ4n) is 2.49. The molecule has 7 heteroatoms. The number of hydrogen-bond donors (Lipinski definition) is 2. The predicted octanol–water partition coefficient (Wildman–Crippen LogP) is 3.26. The number of nitrogens with zero attached hydrogens (tertiary/aromatic N) is 2. The molecule has 0 unspecified atom stereocenters. The van der Waals surface area contributed by atoms with Gasteiger partial charge in [0.1, 0.15) is 5.01 Å². The molecule has 3 rings (SSSR count). The summed E-state index contributed by atoms with van der Waals surface area (Å²) in [5.41, 5.74) is 0.520. The summed E-state index contributed by atoms with van der Waals surface area (Å²) < 4.78 is 0. The van der Waals surface area contributed by atoms with E-state index in [1.165, 1.54) is 11.3 Å². The molecule has 2 amide bonds. The molecule has 0 aliphatic heterocycles. The first kappa shape index (κ1) is 18.0. The normalized spacial score (nSPS) is 10.9. The smallest absolute Gasteiger partial charge is 0.251 e. The predicted molar refractivity (Wildman–Crippen MR) is 103 cm³/mol. The number of fused-ring (bicyclic) bond motifs is 1. The summed E-state index contributed by atoms with van der Waals surface area (Å²) in [7, 11) is 0. The number of amides is 2. The van der Waals surface area contributed by atoms with E-state index in [0.717, 1.165) is 22.2 Å². The van der Waals surface area contributed by atoms with Crippen molar-refractivity contribution in [3.63, 3.8) is 0 Å². The zero-order chi connectivity index (χ0) is 18.5. The molecule has 26 heavy (non-hydrogen) atoms. The molecule has 6 nitrogen and oxygen atoms in total. The van der Waals surface area contributed by atoms with Crippen LogP contribution in [0.3, 0.4) is 0 Å². The lowest BCUT2D eigenvalue weighted by atomic mass is 10.1. The summed E-state index contributed by atoms with van der Waals surface area (Å²) in [6.07, 6.45) is 0.826. The van der Waals surface area contributed by atoms with Crippen molar-refractivity contribution in [3.8, 4) is 0 Å². The minimum atomic E-state index is -0.327. The summed E-state index contributed by atoms with van der Waals surface area (Å²) in [6.45, 7) is 4.08. The molecular weight excluding hydrogens is 348 g/mol. The van der Waals surface area contributed by atoms with Gasteiger partial charge in [-0.25, -0.2) is 0 Å². The van der Waals surface area contributed by atoms with Crippen LogP contribution in [0.25, 0.3) is 10.8 Å². The van der Waals surface area contributed by atoms with E-state index in [4.69, 9.17) is 0 Å². The second kappa shape index (κ2) is 8.05. The Hall–Kier alpha value is -2.80. The van der Waals surface area contributed by atoms with Crippen LogP contribution in [0.4, 0.5) is 5.13 Å². The zero-order valence-corrected chi connectivity index (χ0v) is 15.5. The fraction of sp³-hybridized carbons (Fsp3) is 0.263. The number of aromatic nitrogens is 2. The largest absolute Gasteiger partial charge is 0.343 e. The van der Waals surface area contributed by atoms with E-state index in [1.54, 1.807) is 6.07 Å². The first-order valence-electron chi connectivity index (χ1n) is 8.40. The molecule has 1 aromatic heterocycles. The molecule has 0 saturated heterocycles. The number of hydrogen-bond acceptors (Lipinski definition) is 5. The van der Waals surface area contributed by atoms with Crippen LogP contribution in [-0.4, -0.2) is 28.6 Å². The second-order valence-corrected chi connectivity index (χ2v) is 7.45. The Morgan fingerprint density at radius 2 is 1.85 bits per heavy atom. The van der Waals surface area contributed by atoms with E-state index in [9.17, 15) is 9.59 Å². The van der Waals surface area contributed by atoms with Crippen molar-refractivity contribution in [3.05, 3.63) is 53.0 Å². The number of benzene rings is 2. The Morgan fingerprint density at radius 1 is 1.08 bits per heavy atom. The van der Waals surface area contributed by atoms with E-state index in [1.807, 2.05) is 36.4 Å². The first-order valence-corrected chi connectivity index (χ1v) is 9.22. The van der Waals surface area contributed by atoms with Crippen LogP contribution in [0.15, 0.2) is 42.5 Å². The number of carbonyl (C=O) groups is 2. The monoisotopic (exact) mass is 368 g/mol. The topological polar surface area (TPSA) is 84.0 Å². The van der Waals surface area contributed by atoms with Crippen molar-refractivity contribution in [2.75, 3.05) is 11.9 Å². The molecule has 1 heterocycles. The molecule has 2 aromatic carbocycles. The van der Waals surface area contributed by atoms with Gasteiger partial charge in [0.05, 0.1) is 6.54 Å². The molecule has 0 spiro atoms. The summed E-state index contributed by atoms with van der Waals surface area (Å²) >= 11 is 1.35. The number of rotatable bonds is 6. The van der Waals surface area contributed by atoms with E-state index >= 15 is 0 Å². The quantitative estimate of drug-likeness (QED) is 0.699. The molecule has 0 saturated carbocycles. The maximum Gasteiger partial charge on any atom is 0.251 e. The fourth-order valence-corrected chi connectivity index (χ4v) is 3.46. The molecule has 3 aromatic rings. The van der Waals surface area contributed by atoms with Crippen LogP contribution < -0.4 is 10.6 Å². The summed E-state index contributed by atoms with van der Waals surface area (Å²) in [4.78, 5) is 24.3. The van der Waals surface area contributed by atoms with E-state index in [0.29, 0.717) is 16.6 Å². The van der Waals surface area contributed by atoms with Crippen molar-refractivity contribution in [1.29, 1.82) is 0 Å². The summed E-state index contributed by atoms with van der Waals surface area (Å²) in [6, 6.07) is 13.3. The zero-order valence-electron chi connectivity index (χ0n) is 14.7. The number of nitrogens with one attached hydrogen (secondary N) is 2. The van der Waals surface area contributed by atoms with Crippen molar-refractivity contribution in [1.82, 2.24) is 15.5 Å². The lowest BCUT2D eigenvalue weighted by Crippen LogP contribution is -2.32. The van der Waals surface area contributed by atoms with E-state index in [-0.39, 0.29) is 18.4 Å².